The predicted octanol–water partition coefficient (Wildman–Crippen LogP) is 3.80. The quantitative estimate of drug-likeness (QED) is 0.569. The molecule has 2 aromatic rings. The Bertz CT molecular complexity index is 992. The van der Waals surface area contributed by atoms with Gasteiger partial charge in [-0.1, -0.05) is 19.1 Å². The molecule has 1 heterocycles. The van der Waals surface area contributed by atoms with Crippen molar-refractivity contribution in [2.75, 3.05) is 24.5 Å². The topological polar surface area (TPSA) is 78.9 Å². The van der Waals surface area contributed by atoms with Crippen molar-refractivity contribution >= 4 is 17.6 Å². The van der Waals surface area contributed by atoms with Gasteiger partial charge in [0, 0.05) is 18.8 Å². The SMILES string of the molecule is CCc1ccc(COc2ccc3c(c2)CCN3C(=O)CNCCC(=O)O)cc1C(F)(F)F. The summed E-state index contributed by atoms with van der Waals surface area (Å²) in [6, 6.07) is 9.49. The molecule has 0 fully saturated rings. The van der Waals surface area contributed by atoms with Crippen LogP contribution in [0.5, 0.6) is 5.75 Å². The van der Waals surface area contributed by atoms with Gasteiger partial charge >= 0.3 is 12.1 Å². The minimum Gasteiger partial charge on any atom is -0.489 e. The minimum atomic E-state index is -4.41. The molecule has 1 amide bonds. The second-order valence-electron chi connectivity index (χ2n) is 7.54. The van der Waals surface area contributed by atoms with E-state index in [0.29, 0.717) is 30.7 Å². The molecule has 0 atom stereocenters. The molecule has 0 radical (unpaired) electrons. The molecule has 0 spiro atoms. The number of halogens is 3. The number of nitrogens with one attached hydrogen (secondary N) is 1. The van der Waals surface area contributed by atoms with Gasteiger partial charge in [-0.15, -0.1) is 0 Å². The molecule has 0 unspecified atom stereocenters. The number of ether oxygens (including phenoxy) is 1. The van der Waals surface area contributed by atoms with E-state index >= 15 is 0 Å². The Morgan fingerprint density at radius 1 is 1.19 bits per heavy atom. The van der Waals surface area contributed by atoms with Crippen molar-refractivity contribution in [1.82, 2.24) is 5.32 Å². The summed E-state index contributed by atoms with van der Waals surface area (Å²) < 4.78 is 45.5. The van der Waals surface area contributed by atoms with Crippen molar-refractivity contribution in [3.05, 3.63) is 58.7 Å². The van der Waals surface area contributed by atoms with Gasteiger partial charge in [-0.05, 0) is 53.8 Å². The third kappa shape index (κ3) is 5.79. The number of aryl methyl sites for hydroxylation is 1. The number of carbonyl (C=O) groups excluding carboxylic acids is 1. The van der Waals surface area contributed by atoms with E-state index in [2.05, 4.69) is 5.32 Å². The molecule has 0 saturated heterocycles. The van der Waals surface area contributed by atoms with Gasteiger partial charge in [0.15, 0.2) is 0 Å². The zero-order valence-corrected chi connectivity index (χ0v) is 17.7. The van der Waals surface area contributed by atoms with Gasteiger partial charge in [0.25, 0.3) is 0 Å². The van der Waals surface area contributed by atoms with E-state index in [1.54, 1.807) is 36.1 Å². The number of rotatable bonds is 9. The van der Waals surface area contributed by atoms with Crippen molar-refractivity contribution in [1.29, 1.82) is 0 Å². The highest BCUT2D eigenvalue weighted by atomic mass is 19.4. The molecule has 32 heavy (non-hydrogen) atoms. The lowest BCUT2D eigenvalue weighted by Gasteiger charge is -2.18. The number of hydrogen-bond donors (Lipinski definition) is 2. The Morgan fingerprint density at radius 2 is 1.97 bits per heavy atom. The molecule has 1 aliphatic heterocycles. The van der Waals surface area contributed by atoms with E-state index in [1.807, 2.05) is 0 Å². The summed E-state index contributed by atoms with van der Waals surface area (Å²) in [6.07, 6.45) is -3.54. The van der Waals surface area contributed by atoms with Crippen LogP contribution < -0.4 is 15.0 Å². The van der Waals surface area contributed by atoms with Crippen molar-refractivity contribution in [2.24, 2.45) is 0 Å². The van der Waals surface area contributed by atoms with E-state index in [9.17, 15) is 22.8 Å². The molecule has 1 aliphatic rings. The number of benzene rings is 2. The number of amides is 1. The molecular formula is C23H25F3N2O4. The molecular weight excluding hydrogens is 425 g/mol. The summed E-state index contributed by atoms with van der Waals surface area (Å²) in [5, 5.41) is 11.5. The van der Waals surface area contributed by atoms with E-state index in [0.717, 1.165) is 17.3 Å². The Hall–Kier alpha value is -3.07. The van der Waals surface area contributed by atoms with Crippen LogP contribution in [0.15, 0.2) is 36.4 Å². The number of aliphatic carboxylic acids is 1. The maximum atomic E-state index is 13.3. The number of carbonyl (C=O) groups is 2. The highest BCUT2D eigenvalue weighted by Crippen LogP contribution is 2.34. The molecule has 0 bridgehead atoms. The predicted molar refractivity (Wildman–Crippen MR) is 113 cm³/mol. The van der Waals surface area contributed by atoms with Crippen LogP contribution in [-0.4, -0.2) is 36.6 Å². The largest absolute Gasteiger partial charge is 0.489 e. The van der Waals surface area contributed by atoms with Crippen LogP contribution in [0.25, 0.3) is 0 Å². The molecule has 2 aromatic carbocycles. The number of anilines is 1. The summed E-state index contributed by atoms with van der Waals surface area (Å²) in [6.45, 7) is 2.45. The van der Waals surface area contributed by atoms with Crippen LogP contribution in [0.3, 0.4) is 0 Å². The monoisotopic (exact) mass is 450 g/mol. The summed E-state index contributed by atoms with van der Waals surface area (Å²) in [5.41, 5.74) is 1.72. The zero-order chi connectivity index (χ0) is 23.3. The average Bonchev–Trinajstić information content (AvgIpc) is 3.17. The summed E-state index contributed by atoms with van der Waals surface area (Å²) in [5.74, 6) is -0.566. The van der Waals surface area contributed by atoms with E-state index in [4.69, 9.17) is 9.84 Å². The van der Waals surface area contributed by atoms with Crippen LogP contribution >= 0.6 is 0 Å². The first-order chi connectivity index (χ1) is 15.2. The number of fused-ring (bicyclic) bond motifs is 1. The van der Waals surface area contributed by atoms with Crippen LogP contribution in [0.1, 0.15) is 35.6 Å². The minimum absolute atomic E-state index is 0.00199. The molecule has 2 N–H and O–H groups in total. The summed E-state index contributed by atoms with van der Waals surface area (Å²) in [4.78, 5) is 24.6. The highest BCUT2D eigenvalue weighted by molar-refractivity contribution is 5.96. The highest BCUT2D eigenvalue weighted by Gasteiger charge is 2.33. The lowest BCUT2D eigenvalue weighted by atomic mass is 10.0. The zero-order valence-electron chi connectivity index (χ0n) is 17.7. The summed E-state index contributed by atoms with van der Waals surface area (Å²) in [7, 11) is 0. The first-order valence-corrected chi connectivity index (χ1v) is 10.4. The van der Waals surface area contributed by atoms with Crippen molar-refractivity contribution < 1.29 is 32.6 Å². The van der Waals surface area contributed by atoms with Crippen molar-refractivity contribution in [3.8, 4) is 5.75 Å². The second-order valence-corrected chi connectivity index (χ2v) is 7.54. The number of hydrogen-bond acceptors (Lipinski definition) is 4. The van der Waals surface area contributed by atoms with Crippen LogP contribution in [0.4, 0.5) is 18.9 Å². The first kappa shape index (κ1) is 23.6. The lowest BCUT2D eigenvalue weighted by Crippen LogP contribution is -2.37. The molecule has 0 aromatic heterocycles. The fourth-order valence-electron chi connectivity index (χ4n) is 3.67. The average molecular weight is 450 g/mol. The number of alkyl halides is 3. The Balaban J connectivity index is 1.62. The smallest absolute Gasteiger partial charge is 0.416 e. The van der Waals surface area contributed by atoms with Crippen LogP contribution in [0, 0.1) is 0 Å². The standard InChI is InChI=1S/C23H25F3N2O4/c1-2-16-4-3-15(11-19(16)23(24,25)26)14-32-18-5-6-20-17(12-18)8-10-28(20)21(29)13-27-9-7-22(30)31/h3-6,11-12,27H,2,7-10,13-14H2,1H3,(H,30,31). The molecule has 172 valence electrons. The van der Waals surface area contributed by atoms with Gasteiger partial charge in [-0.25, -0.2) is 0 Å². The maximum absolute atomic E-state index is 13.3. The first-order valence-electron chi connectivity index (χ1n) is 10.4. The lowest BCUT2D eigenvalue weighted by molar-refractivity contribution is -0.138. The number of carboxylic acids is 1. The Labute approximate surface area is 184 Å². The fraction of sp³-hybridized carbons (Fsp3) is 0.391. The van der Waals surface area contributed by atoms with Crippen molar-refractivity contribution in [2.45, 2.75) is 39.0 Å². The van der Waals surface area contributed by atoms with Gasteiger partial charge in [-0.3, -0.25) is 9.59 Å². The number of nitrogens with zero attached hydrogens (tertiary/aromatic N) is 1. The third-order valence-electron chi connectivity index (χ3n) is 5.31. The normalized spacial score (nSPS) is 13.2. The second kappa shape index (κ2) is 10.0. The van der Waals surface area contributed by atoms with Crippen molar-refractivity contribution in [3.63, 3.8) is 0 Å². The van der Waals surface area contributed by atoms with Gasteiger partial charge in [0.1, 0.15) is 12.4 Å². The van der Waals surface area contributed by atoms with E-state index < -0.39 is 17.7 Å². The van der Waals surface area contributed by atoms with Crippen LogP contribution in [0.2, 0.25) is 0 Å². The van der Waals surface area contributed by atoms with Crippen LogP contribution in [-0.2, 0) is 35.2 Å². The molecule has 0 aliphatic carbocycles. The van der Waals surface area contributed by atoms with E-state index in [-0.39, 0.29) is 37.6 Å². The summed E-state index contributed by atoms with van der Waals surface area (Å²) >= 11 is 0. The molecule has 0 saturated carbocycles. The number of carboxylic acid groups (broad SMARTS) is 1. The fourth-order valence-corrected chi connectivity index (χ4v) is 3.67. The Morgan fingerprint density at radius 3 is 2.66 bits per heavy atom. The Kier molecular flexibility index (Phi) is 7.40. The van der Waals surface area contributed by atoms with Gasteiger partial charge < -0.3 is 20.1 Å². The van der Waals surface area contributed by atoms with Gasteiger partial charge in [0.05, 0.1) is 18.5 Å². The maximum Gasteiger partial charge on any atom is 0.416 e. The van der Waals surface area contributed by atoms with E-state index in [1.165, 1.54) is 6.07 Å². The molecule has 3 rings (SSSR count). The van der Waals surface area contributed by atoms with Gasteiger partial charge in [-0.2, -0.15) is 13.2 Å². The molecule has 6 nitrogen and oxygen atoms in total. The molecule has 9 heteroatoms. The third-order valence-corrected chi connectivity index (χ3v) is 5.31. The van der Waals surface area contributed by atoms with Gasteiger partial charge in [0.2, 0.25) is 5.91 Å².